The highest BCUT2D eigenvalue weighted by Gasteiger charge is 2.18. The number of benzene rings is 3. The van der Waals surface area contributed by atoms with Crippen LogP contribution in [0.2, 0.25) is 0 Å². The van der Waals surface area contributed by atoms with Crippen LogP contribution < -0.4 is 10.5 Å². The minimum Gasteiger partial charge on any atom is -0.489 e. The molecule has 3 N–H and O–H groups in total. The summed E-state index contributed by atoms with van der Waals surface area (Å²) in [5.74, 6) is -0.283. The maximum Gasteiger partial charge on any atom is 0.307 e. The molecule has 5 heteroatoms. The van der Waals surface area contributed by atoms with Gasteiger partial charge in [0.05, 0.1) is 12.7 Å². The summed E-state index contributed by atoms with van der Waals surface area (Å²) in [6.45, 7) is 7.14. The first kappa shape index (κ1) is 22.6. The molecule has 0 aliphatic rings. The Morgan fingerprint density at radius 1 is 1.03 bits per heavy atom. The number of carbonyl (C=O) groups is 1. The number of carboxylic acids is 1. The second kappa shape index (κ2) is 9.12. The van der Waals surface area contributed by atoms with Crippen LogP contribution in [-0.2, 0) is 29.8 Å². The monoisotopic (exact) mass is 443 g/mol. The van der Waals surface area contributed by atoms with Crippen LogP contribution in [0.5, 0.6) is 5.75 Å². The molecule has 0 bridgehead atoms. The fourth-order valence-corrected chi connectivity index (χ4v) is 3.93. The first-order valence-electron chi connectivity index (χ1n) is 11.0. The van der Waals surface area contributed by atoms with Gasteiger partial charge in [0.25, 0.3) is 0 Å². The Morgan fingerprint density at radius 3 is 2.58 bits per heavy atom. The van der Waals surface area contributed by atoms with Crippen molar-refractivity contribution >= 4 is 16.9 Å². The van der Waals surface area contributed by atoms with E-state index in [-0.39, 0.29) is 11.8 Å². The zero-order chi connectivity index (χ0) is 23.6. The Labute approximate surface area is 193 Å². The molecule has 1 heterocycles. The topological polar surface area (TPSA) is 85.7 Å². The Hall–Kier alpha value is -3.57. The molecule has 170 valence electrons. The second-order valence-electron chi connectivity index (χ2n) is 9.32. The summed E-state index contributed by atoms with van der Waals surface area (Å²) in [5.41, 5.74) is 12.4. The average Bonchev–Trinajstić information content (AvgIpc) is 3.25. The molecule has 1 aromatic heterocycles. The van der Waals surface area contributed by atoms with Crippen molar-refractivity contribution in [3.63, 3.8) is 0 Å². The lowest BCUT2D eigenvalue weighted by atomic mass is 9.86. The largest absolute Gasteiger partial charge is 0.489 e. The predicted molar refractivity (Wildman–Crippen MR) is 130 cm³/mol. The number of ether oxygens (including phenoxy) is 1. The van der Waals surface area contributed by atoms with Crippen molar-refractivity contribution in [1.29, 1.82) is 0 Å². The predicted octanol–water partition coefficient (Wildman–Crippen LogP) is 6.06. The van der Waals surface area contributed by atoms with E-state index in [1.165, 1.54) is 0 Å². The Morgan fingerprint density at radius 2 is 1.85 bits per heavy atom. The number of hydrogen-bond acceptors (Lipinski definition) is 4. The van der Waals surface area contributed by atoms with Gasteiger partial charge in [0.1, 0.15) is 17.9 Å². The highest BCUT2D eigenvalue weighted by Crippen LogP contribution is 2.33. The molecule has 3 aromatic carbocycles. The van der Waals surface area contributed by atoms with Gasteiger partial charge in [0.2, 0.25) is 0 Å². The highest BCUT2D eigenvalue weighted by molar-refractivity contribution is 5.93. The highest BCUT2D eigenvalue weighted by atomic mass is 16.5. The van der Waals surface area contributed by atoms with Gasteiger partial charge in [-0.25, -0.2) is 0 Å². The maximum absolute atomic E-state index is 11.4. The molecular weight excluding hydrogens is 414 g/mol. The quantitative estimate of drug-likeness (QED) is 0.362. The van der Waals surface area contributed by atoms with Crippen LogP contribution in [0.1, 0.15) is 43.0 Å². The van der Waals surface area contributed by atoms with E-state index in [2.05, 4.69) is 32.9 Å². The van der Waals surface area contributed by atoms with Crippen molar-refractivity contribution in [2.45, 2.75) is 45.8 Å². The van der Waals surface area contributed by atoms with Crippen molar-refractivity contribution in [1.82, 2.24) is 0 Å². The lowest BCUT2D eigenvalue weighted by Crippen LogP contribution is -2.12. The molecule has 0 aliphatic heterocycles. The van der Waals surface area contributed by atoms with E-state index in [4.69, 9.17) is 14.9 Å². The number of aliphatic carboxylic acids is 1. The molecule has 0 radical (unpaired) electrons. The van der Waals surface area contributed by atoms with Crippen LogP contribution in [0.3, 0.4) is 0 Å². The van der Waals surface area contributed by atoms with Crippen LogP contribution >= 0.6 is 0 Å². The average molecular weight is 444 g/mol. The van der Waals surface area contributed by atoms with Gasteiger partial charge in [-0.05, 0) is 58.0 Å². The lowest BCUT2D eigenvalue weighted by molar-refractivity contribution is -0.136. The summed E-state index contributed by atoms with van der Waals surface area (Å²) >= 11 is 0. The fourth-order valence-electron chi connectivity index (χ4n) is 3.93. The molecule has 0 fully saturated rings. The standard InChI is InChI=1S/C28H29NO4/c1-28(2,3)23-8-7-21(14-26(30)31)25(15-23)33-17-19-12-22-9-10-32-27(22)24(13-19)20-6-4-5-18(11-20)16-29/h4-13,15H,14,16-17,29H2,1-3H3,(H,30,31). The van der Waals surface area contributed by atoms with Gasteiger partial charge >= 0.3 is 5.97 Å². The zero-order valence-corrected chi connectivity index (χ0v) is 19.2. The third-order valence-electron chi connectivity index (χ3n) is 5.75. The number of hydrogen-bond donors (Lipinski definition) is 2. The Kier molecular flexibility index (Phi) is 6.25. The Balaban J connectivity index is 1.70. The molecule has 5 nitrogen and oxygen atoms in total. The lowest BCUT2D eigenvalue weighted by Gasteiger charge is -2.21. The number of nitrogens with two attached hydrogens (primary N) is 1. The molecular formula is C28H29NO4. The summed E-state index contributed by atoms with van der Waals surface area (Å²) < 4.78 is 12.0. The molecule has 0 saturated heterocycles. The number of furan rings is 1. The second-order valence-corrected chi connectivity index (χ2v) is 9.32. The fraction of sp³-hybridized carbons (Fsp3) is 0.250. The first-order chi connectivity index (χ1) is 15.7. The van der Waals surface area contributed by atoms with Crippen LogP contribution in [0.25, 0.3) is 22.1 Å². The zero-order valence-electron chi connectivity index (χ0n) is 19.2. The number of fused-ring (bicyclic) bond motifs is 1. The Bertz CT molecular complexity index is 1300. The van der Waals surface area contributed by atoms with Gasteiger partial charge in [0, 0.05) is 23.1 Å². The normalized spacial score (nSPS) is 11.6. The van der Waals surface area contributed by atoms with E-state index >= 15 is 0 Å². The van der Waals surface area contributed by atoms with Crippen molar-refractivity contribution < 1.29 is 19.1 Å². The smallest absolute Gasteiger partial charge is 0.307 e. The van der Waals surface area contributed by atoms with Gasteiger partial charge in [-0.15, -0.1) is 0 Å². The van der Waals surface area contributed by atoms with E-state index < -0.39 is 5.97 Å². The first-order valence-corrected chi connectivity index (χ1v) is 11.0. The molecule has 0 atom stereocenters. The van der Waals surface area contributed by atoms with E-state index in [0.29, 0.717) is 24.5 Å². The van der Waals surface area contributed by atoms with Crippen molar-refractivity contribution in [2.24, 2.45) is 5.73 Å². The third kappa shape index (κ3) is 5.10. The summed E-state index contributed by atoms with van der Waals surface area (Å²) in [5, 5.41) is 10.3. The van der Waals surface area contributed by atoms with Crippen LogP contribution in [-0.4, -0.2) is 11.1 Å². The number of carboxylic acid groups (broad SMARTS) is 1. The van der Waals surface area contributed by atoms with Gasteiger partial charge in [-0.2, -0.15) is 0 Å². The molecule has 4 rings (SSSR count). The molecule has 0 spiro atoms. The number of rotatable bonds is 7. The van der Waals surface area contributed by atoms with Gasteiger partial charge in [-0.1, -0.05) is 51.1 Å². The van der Waals surface area contributed by atoms with Gasteiger partial charge < -0.3 is 20.0 Å². The van der Waals surface area contributed by atoms with E-state index in [1.807, 2.05) is 48.5 Å². The van der Waals surface area contributed by atoms with Crippen LogP contribution in [0, 0.1) is 0 Å². The minimum atomic E-state index is -0.884. The third-order valence-corrected chi connectivity index (χ3v) is 5.75. The summed E-state index contributed by atoms with van der Waals surface area (Å²) in [4.78, 5) is 11.4. The van der Waals surface area contributed by atoms with Crippen molar-refractivity contribution in [2.75, 3.05) is 0 Å². The molecule has 4 aromatic rings. The summed E-state index contributed by atoms with van der Waals surface area (Å²) in [7, 11) is 0. The molecule has 33 heavy (non-hydrogen) atoms. The van der Waals surface area contributed by atoms with Crippen LogP contribution in [0.4, 0.5) is 0 Å². The SMILES string of the molecule is CC(C)(C)c1ccc(CC(=O)O)c(OCc2cc(-c3cccc(CN)c3)c3occc3c2)c1. The summed E-state index contributed by atoms with van der Waals surface area (Å²) in [6, 6.07) is 19.9. The van der Waals surface area contributed by atoms with E-state index in [1.54, 1.807) is 6.26 Å². The van der Waals surface area contributed by atoms with Gasteiger partial charge in [-0.3, -0.25) is 4.79 Å². The minimum absolute atomic E-state index is 0.0727. The van der Waals surface area contributed by atoms with E-state index in [0.717, 1.165) is 38.8 Å². The molecule has 0 saturated carbocycles. The van der Waals surface area contributed by atoms with Crippen molar-refractivity contribution in [3.8, 4) is 16.9 Å². The van der Waals surface area contributed by atoms with Crippen LogP contribution in [0.15, 0.2) is 71.3 Å². The van der Waals surface area contributed by atoms with E-state index in [9.17, 15) is 9.90 Å². The molecule has 0 aliphatic carbocycles. The summed E-state index contributed by atoms with van der Waals surface area (Å²) in [6.07, 6.45) is 1.60. The van der Waals surface area contributed by atoms with Gasteiger partial charge in [0.15, 0.2) is 0 Å². The molecule has 0 amide bonds. The van der Waals surface area contributed by atoms with Crippen molar-refractivity contribution in [3.05, 3.63) is 89.2 Å². The molecule has 0 unspecified atom stereocenters. The maximum atomic E-state index is 11.4.